The van der Waals surface area contributed by atoms with Crippen LogP contribution in [-0.4, -0.2) is 60.7 Å². The first kappa shape index (κ1) is 21.1. The summed E-state index contributed by atoms with van der Waals surface area (Å²) in [4.78, 5) is 40.5. The first-order chi connectivity index (χ1) is 12.6. The zero-order valence-electron chi connectivity index (χ0n) is 15.6. The lowest BCUT2D eigenvalue weighted by molar-refractivity contribution is 0.0669. The van der Waals surface area contributed by atoms with Gasteiger partial charge in [-0.3, -0.25) is 19.3 Å². The van der Waals surface area contributed by atoms with E-state index in [0.29, 0.717) is 22.6 Å². The number of carbonyl (C=O) groups excluding carboxylic acids is 3. The maximum Gasteiger partial charge on any atom is 0.261 e. The Balaban J connectivity index is 0.00000261. The van der Waals surface area contributed by atoms with Crippen LogP contribution in [0.1, 0.15) is 50.3 Å². The third kappa shape index (κ3) is 4.22. The van der Waals surface area contributed by atoms with Crippen LogP contribution in [0.25, 0.3) is 0 Å². The number of nitrogens with one attached hydrogen (secondary N) is 1. The van der Waals surface area contributed by atoms with Crippen molar-refractivity contribution in [3.05, 3.63) is 47.5 Å². The molecule has 27 heavy (non-hydrogen) atoms. The normalized spacial score (nSPS) is 16.9. The molecule has 146 valence electrons. The monoisotopic (exact) mass is 391 g/mol. The summed E-state index contributed by atoms with van der Waals surface area (Å²) in [5, 5.41) is 3.17. The van der Waals surface area contributed by atoms with Crippen molar-refractivity contribution in [3.8, 4) is 0 Å². The van der Waals surface area contributed by atoms with E-state index in [9.17, 15) is 14.4 Å². The first-order valence-electron chi connectivity index (χ1n) is 9.11. The second kappa shape index (κ2) is 9.15. The number of nitrogens with zero attached hydrogens (tertiary/aromatic N) is 2. The van der Waals surface area contributed by atoms with Crippen LogP contribution in [-0.2, 0) is 0 Å². The van der Waals surface area contributed by atoms with Crippen molar-refractivity contribution in [1.82, 2.24) is 15.1 Å². The van der Waals surface area contributed by atoms with Gasteiger partial charge in [-0.15, -0.1) is 19.0 Å². The molecule has 0 aromatic heterocycles. The van der Waals surface area contributed by atoms with Crippen LogP contribution in [0.4, 0.5) is 0 Å². The Morgan fingerprint density at radius 3 is 2.52 bits per heavy atom. The number of rotatable bonds is 6. The van der Waals surface area contributed by atoms with Gasteiger partial charge in [-0.05, 0) is 57.0 Å². The molecule has 0 saturated carbocycles. The average Bonchev–Trinajstić information content (AvgIpc) is 2.91. The van der Waals surface area contributed by atoms with Gasteiger partial charge in [0, 0.05) is 25.2 Å². The maximum atomic E-state index is 12.8. The number of carbonyl (C=O) groups is 3. The van der Waals surface area contributed by atoms with Crippen molar-refractivity contribution in [3.63, 3.8) is 0 Å². The Labute approximate surface area is 166 Å². The standard InChI is InChI=1S/C20H25N3O3.ClH/c1-3-10-23-19(25)16-5-4-15(13-17(16)20(23)26)18(24)22-11-7-14(8-12-22)6-9-21-2;/h3-5,13-14,21H,1,6-12H2,2H3;1H. The summed E-state index contributed by atoms with van der Waals surface area (Å²) in [6.45, 7) is 6.23. The van der Waals surface area contributed by atoms with Gasteiger partial charge in [-0.25, -0.2) is 0 Å². The van der Waals surface area contributed by atoms with Gasteiger partial charge in [0.25, 0.3) is 17.7 Å². The molecular formula is C20H26ClN3O3. The molecule has 1 N–H and O–H groups in total. The Kier molecular flexibility index (Phi) is 7.16. The van der Waals surface area contributed by atoms with Gasteiger partial charge >= 0.3 is 0 Å². The molecule has 1 fully saturated rings. The number of fused-ring (bicyclic) bond motifs is 1. The number of likely N-dealkylation sites (tertiary alicyclic amines) is 1. The van der Waals surface area contributed by atoms with E-state index >= 15 is 0 Å². The van der Waals surface area contributed by atoms with E-state index in [1.165, 1.54) is 6.08 Å². The summed E-state index contributed by atoms with van der Waals surface area (Å²) in [7, 11) is 1.95. The fourth-order valence-corrected chi connectivity index (χ4v) is 3.67. The van der Waals surface area contributed by atoms with Crippen molar-refractivity contribution >= 4 is 30.1 Å². The average molecular weight is 392 g/mol. The highest BCUT2D eigenvalue weighted by Gasteiger charge is 2.35. The summed E-state index contributed by atoms with van der Waals surface area (Å²) in [5.74, 6) is -0.0972. The summed E-state index contributed by atoms with van der Waals surface area (Å²) in [6, 6.07) is 4.80. The molecule has 0 bridgehead atoms. The summed E-state index contributed by atoms with van der Waals surface area (Å²) in [5.41, 5.74) is 1.14. The highest BCUT2D eigenvalue weighted by Crippen LogP contribution is 2.26. The van der Waals surface area contributed by atoms with Gasteiger partial charge in [0.2, 0.25) is 0 Å². The Hall–Kier alpha value is -2.18. The molecule has 3 amide bonds. The van der Waals surface area contributed by atoms with E-state index in [2.05, 4.69) is 11.9 Å². The lowest BCUT2D eigenvalue weighted by Gasteiger charge is -2.32. The highest BCUT2D eigenvalue weighted by atomic mass is 35.5. The van der Waals surface area contributed by atoms with Crippen LogP contribution in [0.5, 0.6) is 0 Å². The van der Waals surface area contributed by atoms with Crippen LogP contribution in [0.2, 0.25) is 0 Å². The maximum absolute atomic E-state index is 12.8. The number of halogens is 1. The molecule has 0 unspecified atom stereocenters. The molecule has 1 aromatic carbocycles. The fourth-order valence-electron chi connectivity index (χ4n) is 3.67. The zero-order valence-corrected chi connectivity index (χ0v) is 16.4. The number of amides is 3. The van der Waals surface area contributed by atoms with Gasteiger partial charge in [0.05, 0.1) is 11.1 Å². The predicted octanol–water partition coefficient (Wildman–Crippen LogP) is 2.35. The van der Waals surface area contributed by atoms with Crippen LogP contribution in [0.3, 0.4) is 0 Å². The molecule has 1 aromatic rings. The second-order valence-corrected chi connectivity index (χ2v) is 6.90. The SMILES string of the molecule is C=CCN1C(=O)c2ccc(C(=O)N3CCC(CCNC)CC3)cc2C1=O.Cl. The second-order valence-electron chi connectivity index (χ2n) is 6.90. The minimum absolute atomic E-state index is 0. The molecule has 7 heteroatoms. The molecule has 0 spiro atoms. The number of benzene rings is 1. The molecule has 2 aliphatic heterocycles. The molecule has 1 saturated heterocycles. The molecule has 2 heterocycles. The van der Waals surface area contributed by atoms with Crippen LogP contribution < -0.4 is 5.32 Å². The lowest BCUT2D eigenvalue weighted by atomic mass is 9.93. The Morgan fingerprint density at radius 2 is 1.89 bits per heavy atom. The van der Waals surface area contributed by atoms with E-state index in [1.54, 1.807) is 18.2 Å². The summed E-state index contributed by atoms with van der Waals surface area (Å²) < 4.78 is 0. The van der Waals surface area contributed by atoms with Gasteiger partial charge in [0.1, 0.15) is 0 Å². The van der Waals surface area contributed by atoms with Crippen molar-refractivity contribution in [2.24, 2.45) is 5.92 Å². The van der Waals surface area contributed by atoms with Crippen molar-refractivity contribution in [2.75, 3.05) is 33.2 Å². The van der Waals surface area contributed by atoms with E-state index in [4.69, 9.17) is 0 Å². The molecular weight excluding hydrogens is 366 g/mol. The van der Waals surface area contributed by atoms with Crippen LogP contribution >= 0.6 is 12.4 Å². The zero-order chi connectivity index (χ0) is 18.7. The fraction of sp³-hybridized carbons (Fsp3) is 0.450. The largest absolute Gasteiger partial charge is 0.339 e. The van der Waals surface area contributed by atoms with E-state index in [0.717, 1.165) is 43.8 Å². The smallest absolute Gasteiger partial charge is 0.261 e. The number of piperidine rings is 1. The topological polar surface area (TPSA) is 69.7 Å². The molecule has 0 atom stereocenters. The van der Waals surface area contributed by atoms with E-state index in [-0.39, 0.29) is 36.7 Å². The molecule has 2 aliphatic rings. The lowest BCUT2D eigenvalue weighted by Crippen LogP contribution is -2.39. The van der Waals surface area contributed by atoms with Crippen LogP contribution in [0.15, 0.2) is 30.9 Å². The summed E-state index contributed by atoms with van der Waals surface area (Å²) >= 11 is 0. The first-order valence-corrected chi connectivity index (χ1v) is 9.11. The highest BCUT2D eigenvalue weighted by molar-refractivity contribution is 6.22. The van der Waals surface area contributed by atoms with Crippen molar-refractivity contribution < 1.29 is 14.4 Å². The number of hydrogen-bond acceptors (Lipinski definition) is 4. The number of imide groups is 1. The summed E-state index contributed by atoms with van der Waals surface area (Å²) in [6.07, 6.45) is 4.66. The van der Waals surface area contributed by atoms with Gasteiger partial charge < -0.3 is 10.2 Å². The van der Waals surface area contributed by atoms with Crippen molar-refractivity contribution in [2.45, 2.75) is 19.3 Å². The van der Waals surface area contributed by atoms with Crippen LogP contribution in [0, 0.1) is 5.92 Å². The quantitative estimate of drug-likeness (QED) is 0.597. The van der Waals surface area contributed by atoms with Crippen molar-refractivity contribution in [1.29, 1.82) is 0 Å². The third-order valence-electron chi connectivity index (χ3n) is 5.23. The Morgan fingerprint density at radius 1 is 1.22 bits per heavy atom. The van der Waals surface area contributed by atoms with Gasteiger partial charge in [-0.1, -0.05) is 6.08 Å². The van der Waals surface area contributed by atoms with Gasteiger partial charge in [0.15, 0.2) is 0 Å². The van der Waals surface area contributed by atoms with Gasteiger partial charge in [-0.2, -0.15) is 0 Å². The molecule has 6 nitrogen and oxygen atoms in total. The van der Waals surface area contributed by atoms with E-state index in [1.807, 2.05) is 11.9 Å². The molecule has 0 aliphatic carbocycles. The van der Waals surface area contributed by atoms with E-state index < -0.39 is 0 Å². The molecule has 0 radical (unpaired) electrons. The minimum Gasteiger partial charge on any atom is -0.339 e. The third-order valence-corrected chi connectivity index (χ3v) is 5.23. The minimum atomic E-state index is -0.356. The number of hydrogen-bond donors (Lipinski definition) is 1. The Bertz CT molecular complexity index is 742. The predicted molar refractivity (Wildman–Crippen MR) is 106 cm³/mol. The molecule has 3 rings (SSSR count).